The number of anilines is 1. The van der Waals surface area contributed by atoms with E-state index in [4.69, 9.17) is 14.5 Å². The van der Waals surface area contributed by atoms with Gasteiger partial charge in [-0.1, -0.05) is 40.4 Å². The average Bonchev–Trinajstić information content (AvgIpc) is 3.61. The molecule has 4 aromatic rings. The van der Waals surface area contributed by atoms with E-state index in [0.29, 0.717) is 57.5 Å². The van der Waals surface area contributed by atoms with Gasteiger partial charge in [0.05, 0.1) is 28.9 Å². The second-order valence-electron chi connectivity index (χ2n) is 14.3. The summed E-state index contributed by atoms with van der Waals surface area (Å²) < 4.78 is 15.0. The number of urea groups is 1. The maximum Gasteiger partial charge on any atom is 0.407 e. The van der Waals surface area contributed by atoms with Crippen LogP contribution in [0.3, 0.4) is 0 Å². The van der Waals surface area contributed by atoms with Crippen LogP contribution in [0, 0.1) is 5.41 Å². The average molecular weight is 682 g/mol. The van der Waals surface area contributed by atoms with Gasteiger partial charge < -0.3 is 29.4 Å². The minimum atomic E-state index is -1.25. The van der Waals surface area contributed by atoms with Crippen LogP contribution < -0.4 is 15.4 Å². The number of hydrogen-bond donors (Lipinski definition) is 3. The first-order chi connectivity index (χ1) is 22.2. The maximum atomic E-state index is 12.9. The molecule has 14 heteroatoms. The van der Waals surface area contributed by atoms with Crippen molar-refractivity contribution in [1.29, 1.82) is 0 Å². The van der Waals surface area contributed by atoms with E-state index in [1.807, 2.05) is 28.4 Å². The van der Waals surface area contributed by atoms with E-state index in [0.717, 1.165) is 38.5 Å². The molecule has 1 aliphatic heterocycles. The summed E-state index contributed by atoms with van der Waals surface area (Å²) in [6, 6.07) is 8.41. The van der Waals surface area contributed by atoms with Crippen molar-refractivity contribution in [1.82, 2.24) is 29.7 Å². The summed E-state index contributed by atoms with van der Waals surface area (Å²) in [5, 5.41) is 16.4. The Morgan fingerprint density at radius 3 is 2.64 bits per heavy atom. The van der Waals surface area contributed by atoms with E-state index < -0.39 is 14.2 Å². The van der Waals surface area contributed by atoms with E-state index in [2.05, 4.69) is 67.0 Å². The van der Waals surface area contributed by atoms with Crippen LogP contribution in [0.2, 0.25) is 25.7 Å². The van der Waals surface area contributed by atoms with Crippen molar-refractivity contribution >= 4 is 58.6 Å². The standard InChI is InChI=1S/C33H47N7O5SSi/c1-33(2,3)28-19-38(12-13-40(28)32(42)43)11-10-34-31(41)37-29-9-8-22-24(23-16-27-25(35-20-46-27)17-26(23)44-4)18-39(30(22)36-29)21-45-14-15-47(5,6)7/h8-9,16-18,20,28H,10-15,19,21H2,1-7H3,(H,42,43)(H2,34,36,37,41). The second-order valence-corrected chi connectivity index (χ2v) is 20.8. The van der Waals surface area contributed by atoms with Gasteiger partial charge in [0.2, 0.25) is 0 Å². The van der Waals surface area contributed by atoms with Gasteiger partial charge in [-0.05, 0) is 29.7 Å². The molecule has 3 aromatic heterocycles. The summed E-state index contributed by atoms with van der Waals surface area (Å²) in [5.74, 6) is 1.15. The van der Waals surface area contributed by atoms with Crippen LogP contribution in [0.25, 0.3) is 32.4 Å². The Kier molecular flexibility index (Phi) is 10.4. The van der Waals surface area contributed by atoms with E-state index in [-0.39, 0.29) is 17.5 Å². The lowest BCUT2D eigenvalue weighted by Crippen LogP contribution is -2.60. The number of carbonyl (C=O) groups excluding carboxylic acids is 1. The van der Waals surface area contributed by atoms with Gasteiger partial charge in [-0.2, -0.15) is 0 Å². The molecule has 47 heavy (non-hydrogen) atoms. The fourth-order valence-electron chi connectivity index (χ4n) is 5.85. The summed E-state index contributed by atoms with van der Waals surface area (Å²) in [4.78, 5) is 37.7. The zero-order valence-electron chi connectivity index (χ0n) is 28.4. The van der Waals surface area contributed by atoms with Gasteiger partial charge in [-0.25, -0.2) is 19.6 Å². The SMILES string of the molecule is COc1cc2ncsc2cc1-c1cn(COCC[Si](C)(C)C)c2nc(NC(=O)NCCN3CCN(C(=O)O)C(C(C)(C)C)C3)ccc12. The number of pyridine rings is 1. The number of nitrogens with one attached hydrogen (secondary N) is 2. The molecule has 1 unspecified atom stereocenters. The normalized spacial score (nSPS) is 16.1. The number of piperazine rings is 1. The van der Waals surface area contributed by atoms with Crippen molar-refractivity contribution in [2.24, 2.45) is 5.41 Å². The quantitative estimate of drug-likeness (QED) is 0.121. The number of fused-ring (bicyclic) bond motifs is 2. The Morgan fingerprint density at radius 1 is 1.15 bits per heavy atom. The van der Waals surface area contributed by atoms with Gasteiger partial charge in [0.25, 0.3) is 0 Å². The second kappa shape index (κ2) is 14.2. The van der Waals surface area contributed by atoms with Crippen molar-refractivity contribution < 1.29 is 24.2 Å². The molecule has 0 radical (unpaired) electrons. The van der Waals surface area contributed by atoms with Crippen molar-refractivity contribution in [2.45, 2.75) is 59.2 Å². The monoisotopic (exact) mass is 681 g/mol. The van der Waals surface area contributed by atoms with E-state index >= 15 is 0 Å². The molecule has 4 heterocycles. The molecule has 254 valence electrons. The number of methoxy groups -OCH3 is 1. The van der Waals surface area contributed by atoms with Gasteiger partial charge in [0.15, 0.2) is 0 Å². The molecule has 3 N–H and O–H groups in total. The third-order valence-corrected chi connectivity index (χ3v) is 11.1. The van der Waals surface area contributed by atoms with Gasteiger partial charge >= 0.3 is 12.1 Å². The number of amides is 3. The summed E-state index contributed by atoms with van der Waals surface area (Å²) in [7, 11) is 0.408. The molecule has 1 aliphatic rings. The van der Waals surface area contributed by atoms with Crippen LogP contribution in [0.15, 0.2) is 36.0 Å². The van der Waals surface area contributed by atoms with Crippen LogP contribution in [0.1, 0.15) is 20.8 Å². The molecule has 3 amide bonds. The van der Waals surface area contributed by atoms with Crippen molar-refractivity contribution in [2.75, 3.05) is 51.8 Å². The van der Waals surface area contributed by atoms with Gasteiger partial charge in [-0.3, -0.25) is 10.2 Å². The number of carbonyl (C=O) groups is 2. The number of rotatable bonds is 11. The van der Waals surface area contributed by atoms with Crippen LogP contribution in [0.5, 0.6) is 5.75 Å². The first-order valence-electron chi connectivity index (χ1n) is 16.0. The number of benzene rings is 1. The highest BCUT2D eigenvalue weighted by molar-refractivity contribution is 7.16. The molecule has 5 rings (SSSR count). The third-order valence-electron chi connectivity index (χ3n) is 8.56. The summed E-state index contributed by atoms with van der Waals surface area (Å²) >= 11 is 1.58. The molecular weight excluding hydrogens is 635 g/mol. The molecule has 0 spiro atoms. The fourth-order valence-corrected chi connectivity index (χ4v) is 7.31. The lowest BCUT2D eigenvalue weighted by atomic mass is 9.84. The topological polar surface area (TPSA) is 134 Å². The zero-order valence-corrected chi connectivity index (χ0v) is 30.2. The molecule has 1 fully saturated rings. The van der Waals surface area contributed by atoms with Gasteiger partial charge in [0, 0.05) is 76.2 Å². The largest absolute Gasteiger partial charge is 0.496 e. The lowest BCUT2D eigenvalue weighted by Gasteiger charge is -2.46. The molecule has 0 saturated carbocycles. The highest BCUT2D eigenvalue weighted by Crippen LogP contribution is 2.39. The Bertz CT molecular complexity index is 1730. The van der Waals surface area contributed by atoms with Crippen LogP contribution in [-0.4, -0.2) is 102 Å². The van der Waals surface area contributed by atoms with E-state index in [1.165, 1.54) is 4.90 Å². The van der Waals surface area contributed by atoms with E-state index in [9.17, 15) is 14.7 Å². The van der Waals surface area contributed by atoms with Crippen LogP contribution in [0.4, 0.5) is 15.4 Å². The van der Waals surface area contributed by atoms with Crippen molar-refractivity contribution in [3.05, 3.63) is 36.0 Å². The summed E-state index contributed by atoms with van der Waals surface area (Å²) in [6.07, 6.45) is 1.15. The molecule has 1 atom stereocenters. The number of hydrogen-bond acceptors (Lipinski definition) is 8. The highest BCUT2D eigenvalue weighted by Gasteiger charge is 2.37. The van der Waals surface area contributed by atoms with E-state index in [1.54, 1.807) is 24.5 Å². The predicted octanol–water partition coefficient (Wildman–Crippen LogP) is 6.47. The summed E-state index contributed by atoms with van der Waals surface area (Å²) in [6.45, 7) is 16.9. The van der Waals surface area contributed by atoms with Crippen molar-refractivity contribution in [3.63, 3.8) is 0 Å². The number of ether oxygens (including phenoxy) is 2. The minimum absolute atomic E-state index is 0.122. The van der Waals surface area contributed by atoms with Crippen LogP contribution in [-0.2, 0) is 11.5 Å². The third kappa shape index (κ3) is 8.42. The number of aromatic nitrogens is 3. The summed E-state index contributed by atoms with van der Waals surface area (Å²) in [5.41, 5.74) is 5.12. The fraction of sp³-hybridized carbons (Fsp3) is 0.515. The maximum absolute atomic E-state index is 12.9. The number of thiazole rings is 1. The molecule has 12 nitrogen and oxygen atoms in total. The predicted molar refractivity (Wildman–Crippen MR) is 190 cm³/mol. The first-order valence-corrected chi connectivity index (χ1v) is 20.6. The highest BCUT2D eigenvalue weighted by atomic mass is 32.1. The smallest absolute Gasteiger partial charge is 0.407 e. The lowest BCUT2D eigenvalue weighted by molar-refractivity contribution is 0.0224. The zero-order chi connectivity index (χ0) is 33.9. The molecule has 0 aliphatic carbocycles. The first kappa shape index (κ1) is 34.6. The Balaban J connectivity index is 1.30. The van der Waals surface area contributed by atoms with Crippen molar-refractivity contribution in [3.8, 4) is 16.9 Å². The number of carboxylic acid groups (broad SMARTS) is 1. The number of nitrogens with zero attached hydrogens (tertiary/aromatic N) is 5. The molecule has 1 saturated heterocycles. The Hall–Kier alpha value is -3.72. The van der Waals surface area contributed by atoms with Crippen LogP contribution >= 0.6 is 11.3 Å². The molecule has 0 bridgehead atoms. The molecule has 1 aromatic carbocycles. The Labute approximate surface area is 281 Å². The van der Waals surface area contributed by atoms with Gasteiger partial charge in [0.1, 0.15) is 23.9 Å². The molecular formula is C33H47N7O5SSi. The minimum Gasteiger partial charge on any atom is -0.496 e. The Morgan fingerprint density at radius 2 is 1.94 bits per heavy atom. The van der Waals surface area contributed by atoms with Gasteiger partial charge in [-0.15, -0.1) is 11.3 Å².